The second kappa shape index (κ2) is 7.26. The van der Waals surface area contributed by atoms with Crippen molar-refractivity contribution >= 4 is 10.0 Å². The van der Waals surface area contributed by atoms with Crippen molar-refractivity contribution in [1.29, 1.82) is 0 Å². The Balaban J connectivity index is 1.51. The molecule has 142 valence electrons. The lowest BCUT2D eigenvalue weighted by atomic mass is 10.2. The molecule has 0 saturated carbocycles. The Bertz CT molecular complexity index is 1010. The minimum Gasteiger partial charge on any atom is -0.371 e. The monoisotopic (exact) mass is 387 g/mol. The summed E-state index contributed by atoms with van der Waals surface area (Å²) in [6.07, 6.45) is 6.22. The fraction of sp³-hybridized carbons (Fsp3) is 0.333. The van der Waals surface area contributed by atoms with Crippen LogP contribution >= 0.6 is 0 Å². The molecule has 3 heterocycles. The van der Waals surface area contributed by atoms with Crippen molar-refractivity contribution in [2.45, 2.75) is 17.5 Å². The van der Waals surface area contributed by atoms with E-state index in [0.29, 0.717) is 19.7 Å². The van der Waals surface area contributed by atoms with Gasteiger partial charge < -0.3 is 4.74 Å². The van der Waals surface area contributed by atoms with Gasteiger partial charge in [0.1, 0.15) is 4.90 Å². The normalized spacial score (nSPS) is 18.6. The first-order valence-corrected chi connectivity index (χ1v) is 10.1. The molecule has 0 N–H and O–H groups in total. The summed E-state index contributed by atoms with van der Waals surface area (Å²) in [5, 5.41) is 8.36. The van der Waals surface area contributed by atoms with Crippen molar-refractivity contribution < 1.29 is 13.2 Å². The van der Waals surface area contributed by atoms with Gasteiger partial charge in [-0.1, -0.05) is 30.3 Å². The second-order valence-corrected chi connectivity index (χ2v) is 8.47. The molecule has 1 saturated heterocycles. The topological polar surface area (TPSA) is 82.2 Å². The molecule has 27 heavy (non-hydrogen) atoms. The van der Waals surface area contributed by atoms with Crippen LogP contribution in [0, 0.1) is 0 Å². The Labute approximate surface area is 158 Å². The zero-order chi connectivity index (χ0) is 18.9. The Kier molecular flexibility index (Phi) is 4.81. The summed E-state index contributed by atoms with van der Waals surface area (Å²) in [5.41, 5.74) is 1.93. The maximum atomic E-state index is 13.0. The van der Waals surface area contributed by atoms with Crippen LogP contribution in [0.15, 0.2) is 60.0 Å². The van der Waals surface area contributed by atoms with E-state index in [4.69, 9.17) is 4.74 Å². The predicted molar refractivity (Wildman–Crippen MR) is 98.4 cm³/mol. The highest BCUT2D eigenvalue weighted by Crippen LogP contribution is 2.26. The first-order chi connectivity index (χ1) is 13.0. The molecule has 3 aromatic rings. The lowest BCUT2D eigenvalue weighted by Crippen LogP contribution is -2.42. The molecule has 1 atom stereocenters. The molecule has 1 aromatic carbocycles. The third-order valence-electron chi connectivity index (χ3n) is 4.56. The molecule has 0 radical (unpaired) electrons. The third kappa shape index (κ3) is 3.80. The van der Waals surface area contributed by atoms with E-state index in [1.165, 1.54) is 10.5 Å². The van der Waals surface area contributed by atoms with Crippen LogP contribution in [0.2, 0.25) is 0 Å². The van der Waals surface area contributed by atoms with Gasteiger partial charge in [0.25, 0.3) is 0 Å². The SMILES string of the molecule is Cn1cc(C2CN(S(=O)(=O)c3cnn(Cc4ccccc4)c3)CCO2)cn1. The molecule has 0 spiro atoms. The van der Waals surface area contributed by atoms with Crippen LogP contribution in [0.5, 0.6) is 0 Å². The number of sulfonamides is 1. The van der Waals surface area contributed by atoms with Crippen LogP contribution in [0.25, 0.3) is 0 Å². The second-order valence-electron chi connectivity index (χ2n) is 6.53. The minimum atomic E-state index is -3.62. The Morgan fingerprint density at radius 3 is 2.70 bits per heavy atom. The molecule has 1 unspecified atom stereocenters. The summed E-state index contributed by atoms with van der Waals surface area (Å²) in [6.45, 7) is 1.45. The lowest BCUT2D eigenvalue weighted by molar-refractivity contribution is -0.00259. The number of rotatable bonds is 5. The Morgan fingerprint density at radius 2 is 1.96 bits per heavy atom. The van der Waals surface area contributed by atoms with Crippen molar-refractivity contribution in [3.05, 3.63) is 66.2 Å². The van der Waals surface area contributed by atoms with Gasteiger partial charge in [-0.25, -0.2) is 8.42 Å². The highest BCUT2D eigenvalue weighted by molar-refractivity contribution is 7.89. The average Bonchev–Trinajstić information content (AvgIpc) is 3.32. The van der Waals surface area contributed by atoms with Gasteiger partial charge in [-0.3, -0.25) is 9.36 Å². The number of hydrogen-bond donors (Lipinski definition) is 0. The highest BCUT2D eigenvalue weighted by atomic mass is 32.2. The van der Waals surface area contributed by atoms with E-state index in [2.05, 4.69) is 10.2 Å². The van der Waals surface area contributed by atoms with Crippen LogP contribution in [0.3, 0.4) is 0 Å². The fourth-order valence-electron chi connectivity index (χ4n) is 3.14. The van der Waals surface area contributed by atoms with Gasteiger partial charge in [0.2, 0.25) is 10.0 Å². The summed E-state index contributed by atoms with van der Waals surface area (Å²) < 4.78 is 36.6. The van der Waals surface area contributed by atoms with Crippen molar-refractivity contribution in [3.63, 3.8) is 0 Å². The zero-order valence-electron chi connectivity index (χ0n) is 15.0. The third-order valence-corrected chi connectivity index (χ3v) is 6.38. The van der Waals surface area contributed by atoms with E-state index in [1.807, 2.05) is 43.6 Å². The van der Waals surface area contributed by atoms with E-state index in [9.17, 15) is 8.42 Å². The summed E-state index contributed by atoms with van der Waals surface area (Å²) >= 11 is 0. The quantitative estimate of drug-likeness (QED) is 0.661. The predicted octanol–water partition coefficient (Wildman–Crippen LogP) is 1.43. The van der Waals surface area contributed by atoms with Crippen LogP contribution in [0.4, 0.5) is 0 Å². The highest BCUT2D eigenvalue weighted by Gasteiger charge is 2.32. The zero-order valence-corrected chi connectivity index (χ0v) is 15.8. The van der Waals surface area contributed by atoms with Crippen LogP contribution in [-0.4, -0.2) is 52.0 Å². The number of aromatic nitrogens is 4. The number of morpholine rings is 1. The molecule has 1 aliphatic heterocycles. The summed E-state index contributed by atoms with van der Waals surface area (Å²) in [4.78, 5) is 0.199. The molecule has 0 amide bonds. The maximum absolute atomic E-state index is 13.0. The maximum Gasteiger partial charge on any atom is 0.246 e. The van der Waals surface area contributed by atoms with E-state index >= 15 is 0 Å². The molecule has 9 heteroatoms. The molecule has 2 aromatic heterocycles. The Hall–Kier alpha value is -2.49. The van der Waals surface area contributed by atoms with Gasteiger partial charge in [0, 0.05) is 38.1 Å². The van der Waals surface area contributed by atoms with Crippen molar-refractivity contribution in [3.8, 4) is 0 Å². The van der Waals surface area contributed by atoms with E-state index in [-0.39, 0.29) is 17.5 Å². The molecule has 0 aliphatic carbocycles. The molecule has 4 rings (SSSR count). The Morgan fingerprint density at radius 1 is 1.15 bits per heavy atom. The van der Waals surface area contributed by atoms with Gasteiger partial charge in [-0.2, -0.15) is 14.5 Å². The van der Waals surface area contributed by atoms with Gasteiger partial charge in [0.05, 0.1) is 31.6 Å². The van der Waals surface area contributed by atoms with Gasteiger partial charge in [0.15, 0.2) is 0 Å². The van der Waals surface area contributed by atoms with E-state index in [0.717, 1.165) is 11.1 Å². The number of hydrogen-bond acceptors (Lipinski definition) is 5. The fourth-order valence-corrected chi connectivity index (χ4v) is 4.52. The minimum absolute atomic E-state index is 0.199. The van der Waals surface area contributed by atoms with Crippen LogP contribution in [0.1, 0.15) is 17.2 Å². The number of benzene rings is 1. The molecular formula is C18H21N5O3S. The summed E-state index contributed by atoms with van der Waals surface area (Å²) in [7, 11) is -1.80. The molecule has 1 fully saturated rings. The molecular weight excluding hydrogens is 366 g/mol. The number of aryl methyl sites for hydroxylation is 1. The average molecular weight is 387 g/mol. The molecule has 8 nitrogen and oxygen atoms in total. The number of nitrogens with zero attached hydrogens (tertiary/aromatic N) is 5. The van der Waals surface area contributed by atoms with Crippen LogP contribution < -0.4 is 0 Å². The van der Waals surface area contributed by atoms with Crippen molar-refractivity contribution in [2.24, 2.45) is 7.05 Å². The largest absolute Gasteiger partial charge is 0.371 e. The number of ether oxygens (including phenoxy) is 1. The van der Waals surface area contributed by atoms with Crippen LogP contribution in [-0.2, 0) is 28.4 Å². The summed E-state index contributed by atoms with van der Waals surface area (Å²) in [6, 6.07) is 9.80. The van der Waals surface area contributed by atoms with E-state index < -0.39 is 10.0 Å². The van der Waals surface area contributed by atoms with E-state index in [1.54, 1.807) is 21.8 Å². The van der Waals surface area contributed by atoms with Gasteiger partial charge in [-0.05, 0) is 5.56 Å². The first-order valence-electron chi connectivity index (χ1n) is 8.69. The van der Waals surface area contributed by atoms with Crippen molar-refractivity contribution in [2.75, 3.05) is 19.7 Å². The molecule has 0 bridgehead atoms. The smallest absolute Gasteiger partial charge is 0.246 e. The standard InChI is InChI=1S/C18H21N5O3S/c1-21-12-16(9-19-21)18-14-23(7-8-26-18)27(24,25)17-10-20-22(13-17)11-15-5-3-2-4-6-15/h2-6,9-10,12-13,18H,7-8,11,14H2,1H3. The van der Waals surface area contributed by atoms with Gasteiger partial charge >= 0.3 is 0 Å². The van der Waals surface area contributed by atoms with Crippen molar-refractivity contribution in [1.82, 2.24) is 23.9 Å². The first kappa shape index (κ1) is 17.9. The molecule has 1 aliphatic rings. The van der Waals surface area contributed by atoms with Gasteiger partial charge in [-0.15, -0.1) is 0 Å². The lowest BCUT2D eigenvalue weighted by Gasteiger charge is -2.31. The summed E-state index contributed by atoms with van der Waals surface area (Å²) in [5.74, 6) is 0.